The average molecular weight is 503 g/mol. The van der Waals surface area contributed by atoms with E-state index in [-0.39, 0.29) is 11.6 Å². The Morgan fingerprint density at radius 1 is 1.08 bits per heavy atom. The minimum Gasteiger partial charge on any atom is -0.468 e. The third kappa shape index (κ3) is 4.82. The molecule has 1 unspecified atom stereocenters. The fourth-order valence-electron chi connectivity index (χ4n) is 4.52. The summed E-state index contributed by atoms with van der Waals surface area (Å²) in [5, 5.41) is 14.2. The third-order valence-electron chi connectivity index (χ3n) is 6.27. The second-order valence-corrected chi connectivity index (χ2v) is 9.62. The molecular weight excluding hydrogens is 476 g/mol. The van der Waals surface area contributed by atoms with Gasteiger partial charge in [0.2, 0.25) is 0 Å². The lowest BCUT2D eigenvalue weighted by atomic mass is 10.0. The second kappa shape index (κ2) is 10.1. The van der Waals surface area contributed by atoms with Crippen molar-refractivity contribution in [2.45, 2.75) is 45.9 Å². The lowest BCUT2D eigenvalue weighted by Gasteiger charge is -2.31. The Morgan fingerprint density at radius 2 is 1.89 bits per heavy atom. The van der Waals surface area contributed by atoms with Gasteiger partial charge in [0.25, 0.3) is 5.56 Å². The van der Waals surface area contributed by atoms with Crippen molar-refractivity contribution in [3.63, 3.8) is 0 Å². The van der Waals surface area contributed by atoms with E-state index in [0.717, 1.165) is 27.8 Å². The maximum absolute atomic E-state index is 13.6. The van der Waals surface area contributed by atoms with E-state index >= 15 is 0 Å². The Hall–Kier alpha value is -3.75. The number of pyridine rings is 1. The first-order chi connectivity index (χ1) is 17.4. The number of nitrogens with zero attached hydrogens (tertiary/aromatic N) is 5. The number of benzene rings is 2. The first-order valence-electron chi connectivity index (χ1n) is 11.8. The molecule has 0 saturated heterocycles. The van der Waals surface area contributed by atoms with Gasteiger partial charge < -0.3 is 9.40 Å². The van der Waals surface area contributed by atoms with Gasteiger partial charge >= 0.3 is 0 Å². The number of nitrogens with one attached hydrogen (secondary N) is 1. The number of hydrogen-bond acceptors (Lipinski definition) is 6. The Bertz CT molecular complexity index is 1520. The molecule has 2 aromatic carbocycles. The molecule has 0 fully saturated rings. The van der Waals surface area contributed by atoms with Crippen molar-refractivity contribution in [2.24, 2.45) is 0 Å². The summed E-state index contributed by atoms with van der Waals surface area (Å²) in [5.74, 6) is 1.36. The molecule has 0 aliphatic rings. The van der Waals surface area contributed by atoms with Crippen LogP contribution in [0.4, 0.5) is 0 Å². The molecule has 9 heteroatoms. The molecule has 1 atom stereocenters. The van der Waals surface area contributed by atoms with E-state index in [2.05, 4.69) is 25.4 Å². The van der Waals surface area contributed by atoms with Gasteiger partial charge in [-0.25, -0.2) is 4.68 Å². The number of tetrazole rings is 1. The number of aryl methyl sites for hydroxylation is 1. The Balaban J connectivity index is 1.71. The zero-order valence-corrected chi connectivity index (χ0v) is 21.1. The van der Waals surface area contributed by atoms with Crippen LogP contribution < -0.4 is 5.56 Å². The molecule has 8 nitrogen and oxygen atoms in total. The van der Waals surface area contributed by atoms with E-state index in [9.17, 15) is 4.79 Å². The summed E-state index contributed by atoms with van der Waals surface area (Å²) >= 11 is 6.14. The number of H-pyrrole nitrogens is 1. The Labute approximate surface area is 213 Å². The van der Waals surface area contributed by atoms with Crippen molar-refractivity contribution in [3.8, 4) is 0 Å². The van der Waals surface area contributed by atoms with Crippen LogP contribution in [0.3, 0.4) is 0 Å². The van der Waals surface area contributed by atoms with Crippen LogP contribution in [-0.2, 0) is 13.1 Å². The van der Waals surface area contributed by atoms with Gasteiger partial charge in [0.05, 0.1) is 24.4 Å². The van der Waals surface area contributed by atoms with E-state index in [1.54, 1.807) is 10.9 Å². The molecule has 3 heterocycles. The topological polar surface area (TPSA) is 92.8 Å². The van der Waals surface area contributed by atoms with Crippen molar-refractivity contribution >= 4 is 22.5 Å². The van der Waals surface area contributed by atoms with Gasteiger partial charge in [-0.1, -0.05) is 41.9 Å². The molecule has 0 bridgehead atoms. The van der Waals surface area contributed by atoms with Gasteiger partial charge in [-0.15, -0.1) is 5.10 Å². The van der Waals surface area contributed by atoms with Crippen LogP contribution in [-0.4, -0.2) is 30.1 Å². The Kier molecular flexibility index (Phi) is 6.71. The van der Waals surface area contributed by atoms with Gasteiger partial charge in [0, 0.05) is 17.1 Å². The van der Waals surface area contributed by atoms with E-state index in [1.165, 1.54) is 0 Å². The van der Waals surface area contributed by atoms with Crippen molar-refractivity contribution in [3.05, 3.63) is 111 Å². The molecule has 0 spiro atoms. The van der Waals surface area contributed by atoms with Gasteiger partial charge in [0.1, 0.15) is 11.8 Å². The molecule has 0 aliphatic carbocycles. The molecule has 1 N–H and O–H groups in total. The van der Waals surface area contributed by atoms with Crippen LogP contribution >= 0.6 is 11.6 Å². The number of para-hydroxylation sites is 1. The summed E-state index contributed by atoms with van der Waals surface area (Å²) in [7, 11) is 0. The lowest BCUT2D eigenvalue weighted by molar-refractivity contribution is 0.177. The summed E-state index contributed by atoms with van der Waals surface area (Å²) in [4.78, 5) is 18.9. The van der Waals surface area contributed by atoms with Crippen LogP contribution in [0.1, 0.15) is 54.2 Å². The zero-order chi connectivity index (χ0) is 25.2. The van der Waals surface area contributed by atoms with Crippen LogP contribution in [0.5, 0.6) is 0 Å². The number of furan rings is 1. The highest BCUT2D eigenvalue weighted by molar-refractivity contribution is 6.30. The highest BCUT2D eigenvalue weighted by atomic mass is 35.5. The predicted octanol–water partition coefficient (Wildman–Crippen LogP) is 5.44. The first kappa shape index (κ1) is 24.0. The number of rotatable bonds is 8. The molecule has 5 aromatic rings. The molecule has 3 aromatic heterocycles. The van der Waals surface area contributed by atoms with E-state index in [0.29, 0.717) is 29.5 Å². The molecule has 0 saturated carbocycles. The SMILES string of the molecule is Cc1cccc2cc(C(c3nnnn3C(C)C)N(Cc3ccc(Cl)cc3)Cc3ccco3)c(=O)[nH]c12. The quantitative estimate of drug-likeness (QED) is 0.303. The van der Waals surface area contributed by atoms with Gasteiger partial charge in [0.15, 0.2) is 5.82 Å². The van der Waals surface area contributed by atoms with Gasteiger partial charge in [-0.3, -0.25) is 9.69 Å². The first-order valence-corrected chi connectivity index (χ1v) is 12.2. The largest absolute Gasteiger partial charge is 0.468 e. The zero-order valence-electron chi connectivity index (χ0n) is 20.4. The Morgan fingerprint density at radius 3 is 2.61 bits per heavy atom. The van der Waals surface area contributed by atoms with Crippen LogP contribution in [0, 0.1) is 6.92 Å². The highest BCUT2D eigenvalue weighted by Gasteiger charge is 2.32. The third-order valence-corrected chi connectivity index (χ3v) is 6.52. The molecular formula is C27H27ClN6O2. The summed E-state index contributed by atoms with van der Waals surface area (Å²) < 4.78 is 7.48. The molecule has 0 radical (unpaired) electrons. The number of fused-ring (bicyclic) bond motifs is 1. The van der Waals surface area contributed by atoms with Crippen molar-refractivity contribution in [1.29, 1.82) is 0 Å². The van der Waals surface area contributed by atoms with Crippen molar-refractivity contribution in [1.82, 2.24) is 30.1 Å². The number of aromatic nitrogens is 5. The molecule has 184 valence electrons. The van der Waals surface area contributed by atoms with E-state index in [1.807, 2.05) is 81.4 Å². The second-order valence-electron chi connectivity index (χ2n) is 9.18. The summed E-state index contributed by atoms with van der Waals surface area (Å²) in [5.41, 5.74) is 3.25. The van der Waals surface area contributed by atoms with Gasteiger partial charge in [-0.05, 0) is 78.0 Å². The molecule has 5 rings (SSSR count). The molecule has 36 heavy (non-hydrogen) atoms. The minimum absolute atomic E-state index is 0.000257. The fourth-order valence-corrected chi connectivity index (χ4v) is 4.64. The van der Waals surface area contributed by atoms with Crippen molar-refractivity contribution < 1.29 is 4.42 Å². The highest BCUT2D eigenvalue weighted by Crippen LogP contribution is 2.31. The minimum atomic E-state index is -0.545. The summed E-state index contributed by atoms with van der Waals surface area (Å²) in [6, 6.07) is 18.8. The smallest absolute Gasteiger partial charge is 0.253 e. The van der Waals surface area contributed by atoms with Crippen LogP contribution in [0.15, 0.2) is 76.1 Å². The maximum Gasteiger partial charge on any atom is 0.253 e. The predicted molar refractivity (Wildman–Crippen MR) is 139 cm³/mol. The summed E-state index contributed by atoms with van der Waals surface area (Å²) in [6.45, 7) is 6.97. The van der Waals surface area contributed by atoms with Crippen LogP contribution in [0.25, 0.3) is 10.9 Å². The number of hydrogen-bond donors (Lipinski definition) is 1. The van der Waals surface area contributed by atoms with E-state index < -0.39 is 6.04 Å². The van der Waals surface area contributed by atoms with Crippen molar-refractivity contribution in [2.75, 3.05) is 0 Å². The average Bonchev–Trinajstić information content (AvgIpc) is 3.54. The van der Waals surface area contributed by atoms with Crippen LogP contribution in [0.2, 0.25) is 5.02 Å². The molecule has 0 amide bonds. The maximum atomic E-state index is 13.6. The monoisotopic (exact) mass is 502 g/mol. The fraction of sp³-hybridized carbons (Fsp3) is 0.259. The standard InChI is InChI=1S/C27H27ClN6O2/c1-17(2)34-26(30-31-32-34)25(23-14-20-7-4-6-18(3)24(20)29-27(23)35)33(16-22-8-5-13-36-22)15-19-9-11-21(28)12-10-19/h4-14,17,25H,15-16H2,1-3H3,(H,29,35). The molecule has 0 aliphatic heterocycles. The van der Waals surface area contributed by atoms with E-state index in [4.69, 9.17) is 16.0 Å². The summed E-state index contributed by atoms with van der Waals surface area (Å²) in [6.07, 6.45) is 1.65. The number of aromatic amines is 1. The number of halogens is 1. The van der Waals surface area contributed by atoms with Gasteiger partial charge in [-0.2, -0.15) is 0 Å². The lowest BCUT2D eigenvalue weighted by Crippen LogP contribution is -2.35. The normalized spacial score (nSPS) is 12.6.